The Bertz CT molecular complexity index is 382. The summed E-state index contributed by atoms with van der Waals surface area (Å²) in [6.07, 6.45) is 5.12. The second-order valence-electron chi connectivity index (χ2n) is 3.30. The zero-order valence-electron chi connectivity index (χ0n) is 11.3. The van der Waals surface area contributed by atoms with Crippen LogP contribution in [0.15, 0.2) is 12.2 Å². The number of aliphatic carboxylic acids is 2. The molecule has 0 heterocycles. The van der Waals surface area contributed by atoms with E-state index in [9.17, 15) is 9.59 Å². The molecular formula is C10H21NO8S. The first-order valence-corrected chi connectivity index (χ1v) is 6.86. The minimum Gasteiger partial charge on any atom is -0.481 e. The Balaban J connectivity index is -0.000000244. The van der Waals surface area contributed by atoms with Crippen molar-refractivity contribution < 1.29 is 37.3 Å². The van der Waals surface area contributed by atoms with E-state index in [0.29, 0.717) is 0 Å². The van der Waals surface area contributed by atoms with E-state index in [2.05, 4.69) is 19.1 Å². The first-order valence-electron chi connectivity index (χ1n) is 5.46. The molecule has 0 saturated heterocycles. The number of carbonyl (C=O) groups is 2. The van der Waals surface area contributed by atoms with Crippen molar-refractivity contribution in [1.29, 1.82) is 0 Å². The van der Waals surface area contributed by atoms with Crippen molar-refractivity contribution in [3.63, 3.8) is 0 Å². The van der Waals surface area contributed by atoms with Gasteiger partial charge in [0.25, 0.3) is 0 Å². The zero-order valence-corrected chi connectivity index (χ0v) is 12.1. The molecule has 0 bridgehead atoms. The Morgan fingerprint density at radius 3 is 1.80 bits per heavy atom. The molecule has 0 aromatic rings. The molecule has 0 aliphatic heterocycles. The highest BCUT2D eigenvalue weighted by molar-refractivity contribution is 7.79. The number of carboxylic acid groups (broad SMARTS) is 2. The minimum atomic E-state index is -4.67. The molecule has 10 heteroatoms. The van der Waals surface area contributed by atoms with Crippen molar-refractivity contribution in [2.75, 3.05) is 0 Å². The third kappa shape index (κ3) is 43.9. The SMILES string of the molecule is CC=CCC.N[C@@H](CCC(=O)O)C(=O)O.O=S(=O)(O)O. The van der Waals surface area contributed by atoms with Crippen LogP contribution in [0.5, 0.6) is 0 Å². The van der Waals surface area contributed by atoms with Gasteiger partial charge >= 0.3 is 22.3 Å². The van der Waals surface area contributed by atoms with Crippen molar-refractivity contribution in [1.82, 2.24) is 0 Å². The number of allylic oxidation sites excluding steroid dienone is 2. The third-order valence-corrected chi connectivity index (χ3v) is 1.46. The number of hydrogen-bond acceptors (Lipinski definition) is 5. The Hall–Kier alpha value is -1.49. The van der Waals surface area contributed by atoms with E-state index < -0.39 is 28.4 Å². The predicted molar refractivity (Wildman–Crippen MR) is 71.8 cm³/mol. The number of rotatable bonds is 5. The summed E-state index contributed by atoms with van der Waals surface area (Å²) < 4.78 is 31.6. The van der Waals surface area contributed by atoms with Gasteiger partial charge in [0.1, 0.15) is 6.04 Å². The Kier molecular flexibility index (Phi) is 16.4. The van der Waals surface area contributed by atoms with Gasteiger partial charge in [0.05, 0.1) is 0 Å². The molecule has 0 radical (unpaired) electrons. The summed E-state index contributed by atoms with van der Waals surface area (Å²) in [6, 6.07) is -1.06. The quantitative estimate of drug-likeness (QED) is 0.359. The van der Waals surface area contributed by atoms with Crippen LogP contribution in [0.1, 0.15) is 33.1 Å². The second kappa shape index (κ2) is 13.9. The topological polar surface area (TPSA) is 175 Å². The van der Waals surface area contributed by atoms with E-state index in [-0.39, 0.29) is 12.8 Å². The first kappa shape index (κ1) is 23.6. The van der Waals surface area contributed by atoms with Crippen molar-refractivity contribution in [3.8, 4) is 0 Å². The highest BCUT2D eigenvalue weighted by Gasteiger charge is 2.12. The first-order chi connectivity index (χ1) is 8.95. The molecule has 6 N–H and O–H groups in total. The summed E-state index contributed by atoms with van der Waals surface area (Å²) in [5.74, 6) is -2.20. The van der Waals surface area contributed by atoms with Crippen molar-refractivity contribution in [2.45, 2.75) is 39.2 Å². The molecular weight excluding hydrogens is 294 g/mol. The summed E-state index contributed by atoms with van der Waals surface area (Å²) in [6.45, 7) is 4.16. The van der Waals surface area contributed by atoms with Crippen molar-refractivity contribution in [2.24, 2.45) is 5.73 Å². The van der Waals surface area contributed by atoms with Gasteiger partial charge in [0.2, 0.25) is 0 Å². The molecule has 0 saturated carbocycles. The highest BCUT2D eigenvalue weighted by atomic mass is 32.3. The van der Waals surface area contributed by atoms with Crippen LogP contribution in [0.3, 0.4) is 0 Å². The minimum absolute atomic E-state index is 0.0231. The van der Waals surface area contributed by atoms with Crippen LogP contribution in [0.25, 0.3) is 0 Å². The molecule has 9 nitrogen and oxygen atoms in total. The molecule has 0 aliphatic rings. The average molecular weight is 315 g/mol. The van der Waals surface area contributed by atoms with E-state index in [4.69, 9.17) is 33.5 Å². The van der Waals surface area contributed by atoms with E-state index in [0.717, 1.165) is 6.42 Å². The summed E-state index contributed by atoms with van der Waals surface area (Å²) in [5.41, 5.74) is 5.00. The standard InChI is InChI=1S/C5H9NO4.C5H10.H2O4S/c6-3(5(9)10)1-2-4(7)8;1-3-5-4-2;1-5(2,3)4/h3H,1-2,6H2,(H,7,8)(H,9,10);3,5H,4H2,1-2H3;(H2,1,2,3,4)/t3-;;/m0../s1. The molecule has 20 heavy (non-hydrogen) atoms. The van der Waals surface area contributed by atoms with Crippen LogP contribution >= 0.6 is 0 Å². The van der Waals surface area contributed by atoms with Gasteiger partial charge < -0.3 is 15.9 Å². The number of carboxylic acids is 2. The smallest absolute Gasteiger partial charge is 0.394 e. The summed E-state index contributed by atoms with van der Waals surface area (Å²) in [5, 5.41) is 16.3. The monoisotopic (exact) mass is 315 g/mol. The number of hydrogen-bond donors (Lipinski definition) is 5. The Morgan fingerprint density at radius 1 is 1.25 bits per heavy atom. The van der Waals surface area contributed by atoms with E-state index in [1.807, 2.05) is 6.92 Å². The van der Waals surface area contributed by atoms with Crippen LogP contribution in [-0.2, 0) is 20.0 Å². The van der Waals surface area contributed by atoms with Crippen LogP contribution < -0.4 is 5.73 Å². The summed E-state index contributed by atoms with van der Waals surface area (Å²) >= 11 is 0. The van der Waals surface area contributed by atoms with Gasteiger partial charge in [-0.25, -0.2) is 0 Å². The maximum Gasteiger partial charge on any atom is 0.394 e. The van der Waals surface area contributed by atoms with Gasteiger partial charge in [-0.1, -0.05) is 19.1 Å². The van der Waals surface area contributed by atoms with Crippen LogP contribution in [0.4, 0.5) is 0 Å². The van der Waals surface area contributed by atoms with Gasteiger partial charge in [-0.05, 0) is 19.8 Å². The molecule has 0 rings (SSSR count). The molecule has 0 amide bonds. The van der Waals surface area contributed by atoms with E-state index in [1.54, 1.807) is 0 Å². The summed E-state index contributed by atoms with van der Waals surface area (Å²) in [4.78, 5) is 19.9. The fourth-order valence-corrected chi connectivity index (χ4v) is 0.638. The molecule has 0 fully saturated rings. The highest BCUT2D eigenvalue weighted by Crippen LogP contribution is 1.93. The molecule has 0 spiro atoms. The van der Waals surface area contributed by atoms with Gasteiger partial charge in [-0.2, -0.15) is 8.42 Å². The average Bonchev–Trinajstić information content (AvgIpc) is 2.25. The fraction of sp³-hybridized carbons (Fsp3) is 0.600. The largest absolute Gasteiger partial charge is 0.481 e. The Morgan fingerprint density at radius 2 is 1.65 bits per heavy atom. The summed E-state index contributed by atoms with van der Waals surface area (Å²) in [7, 11) is -4.67. The molecule has 120 valence electrons. The van der Waals surface area contributed by atoms with Crippen LogP contribution in [0, 0.1) is 0 Å². The Labute approximate surface area is 117 Å². The molecule has 0 aromatic carbocycles. The maximum atomic E-state index is 9.99. The van der Waals surface area contributed by atoms with Gasteiger partial charge in [-0.15, -0.1) is 0 Å². The van der Waals surface area contributed by atoms with Gasteiger partial charge in [0.15, 0.2) is 0 Å². The van der Waals surface area contributed by atoms with Gasteiger partial charge in [0, 0.05) is 6.42 Å². The lowest BCUT2D eigenvalue weighted by molar-refractivity contribution is -0.139. The van der Waals surface area contributed by atoms with E-state index in [1.165, 1.54) is 0 Å². The number of nitrogens with two attached hydrogens (primary N) is 1. The lowest BCUT2D eigenvalue weighted by Crippen LogP contribution is -2.30. The second-order valence-corrected chi connectivity index (χ2v) is 4.20. The van der Waals surface area contributed by atoms with E-state index >= 15 is 0 Å². The van der Waals surface area contributed by atoms with Gasteiger partial charge in [-0.3, -0.25) is 18.7 Å². The molecule has 0 unspecified atom stereocenters. The lowest BCUT2D eigenvalue weighted by Gasteiger charge is -2.01. The normalized spacial score (nSPS) is 11.7. The lowest BCUT2D eigenvalue weighted by atomic mass is 10.2. The third-order valence-electron chi connectivity index (χ3n) is 1.46. The van der Waals surface area contributed by atoms with Crippen molar-refractivity contribution in [3.05, 3.63) is 12.2 Å². The predicted octanol–water partition coefficient (Wildman–Crippen LogP) is 0.583. The zero-order chi connectivity index (χ0) is 16.8. The molecule has 1 atom stereocenters. The van der Waals surface area contributed by atoms with Crippen LogP contribution in [0.2, 0.25) is 0 Å². The molecule has 0 aliphatic carbocycles. The molecule has 0 aromatic heterocycles. The maximum absolute atomic E-state index is 9.99. The van der Waals surface area contributed by atoms with Crippen molar-refractivity contribution >= 4 is 22.3 Å². The van der Waals surface area contributed by atoms with Crippen LogP contribution in [-0.4, -0.2) is 45.7 Å². The fourth-order valence-electron chi connectivity index (χ4n) is 0.638.